The summed E-state index contributed by atoms with van der Waals surface area (Å²) in [5, 5.41) is 17.9. The maximum absolute atomic E-state index is 10.8. The molecule has 1 saturated carbocycles. The zero-order valence-corrected chi connectivity index (χ0v) is 7.63. The van der Waals surface area contributed by atoms with Crippen LogP contribution in [-0.4, -0.2) is 22.8 Å². The monoisotopic (exact) mass is 192 g/mol. The summed E-state index contributed by atoms with van der Waals surface area (Å²) in [6, 6.07) is 9.50. The van der Waals surface area contributed by atoms with E-state index in [1.165, 1.54) is 0 Å². The van der Waals surface area contributed by atoms with Gasteiger partial charge >= 0.3 is 5.97 Å². The molecule has 2 rings (SSSR count). The fourth-order valence-electron chi connectivity index (χ4n) is 2.07. The molecule has 2 N–H and O–H groups in total. The molecule has 0 radical (unpaired) electrons. The summed E-state index contributed by atoms with van der Waals surface area (Å²) in [5.41, 5.74) is 1.01. The van der Waals surface area contributed by atoms with E-state index < -0.39 is 11.9 Å². The van der Waals surface area contributed by atoms with Gasteiger partial charge in [-0.15, -0.1) is 0 Å². The van der Waals surface area contributed by atoms with E-state index in [2.05, 4.69) is 0 Å². The number of aliphatic carboxylic acids is 1. The number of hydrogen-bond donors (Lipinski definition) is 2. The van der Waals surface area contributed by atoms with E-state index >= 15 is 0 Å². The van der Waals surface area contributed by atoms with Crippen LogP contribution in [0.25, 0.3) is 0 Å². The molecule has 1 aromatic carbocycles. The molecule has 14 heavy (non-hydrogen) atoms. The van der Waals surface area contributed by atoms with E-state index in [-0.39, 0.29) is 18.4 Å². The molecule has 3 heteroatoms. The van der Waals surface area contributed by atoms with E-state index in [0.29, 0.717) is 0 Å². The number of carbonyl (C=O) groups is 1. The summed E-state index contributed by atoms with van der Waals surface area (Å²) < 4.78 is 0. The summed E-state index contributed by atoms with van der Waals surface area (Å²) in [6.45, 7) is -0.0451. The number of benzene rings is 1. The molecule has 3 nitrogen and oxygen atoms in total. The van der Waals surface area contributed by atoms with Gasteiger partial charge in [-0.05, 0) is 5.56 Å². The van der Waals surface area contributed by atoms with Crippen LogP contribution >= 0.6 is 0 Å². The van der Waals surface area contributed by atoms with Gasteiger partial charge in [-0.2, -0.15) is 0 Å². The average Bonchev–Trinajstić information content (AvgIpc) is 2.93. The van der Waals surface area contributed by atoms with Crippen molar-refractivity contribution in [3.63, 3.8) is 0 Å². The first kappa shape index (κ1) is 9.21. The molecule has 1 fully saturated rings. The predicted octanol–water partition coefficient (Wildman–Crippen LogP) is 1.09. The van der Waals surface area contributed by atoms with Gasteiger partial charge in [0.15, 0.2) is 0 Å². The Kier molecular flexibility index (Phi) is 2.25. The first-order valence-electron chi connectivity index (χ1n) is 4.64. The van der Waals surface area contributed by atoms with Gasteiger partial charge in [0.1, 0.15) is 0 Å². The van der Waals surface area contributed by atoms with E-state index in [1.807, 2.05) is 30.3 Å². The molecule has 0 heterocycles. The Labute approximate surface area is 82.0 Å². The topological polar surface area (TPSA) is 57.5 Å². The van der Waals surface area contributed by atoms with Crippen LogP contribution in [0.1, 0.15) is 11.5 Å². The Morgan fingerprint density at radius 3 is 2.36 bits per heavy atom. The highest BCUT2D eigenvalue weighted by molar-refractivity contribution is 5.76. The molecule has 1 aliphatic carbocycles. The number of hydrogen-bond acceptors (Lipinski definition) is 2. The van der Waals surface area contributed by atoms with Gasteiger partial charge in [-0.3, -0.25) is 4.79 Å². The van der Waals surface area contributed by atoms with Crippen LogP contribution in [0.4, 0.5) is 0 Å². The van der Waals surface area contributed by atoms with E-state index in [0.717, 1.165) is 5.56 Å². The Morgan fingerprint density at radius 1 is 1.29 bits per heavy atom. The zero-order valence-electron chi connectivity index (χ0n) is 7.63. The highest BCUT2D eigenvalue weighted by Gasteiger charge is 2.55. The van der Waals surface area contributed by atoms with Gasteiger partial charge in [0.2, 0.25) is 0 Å². The summed E-state index contributed by atoms with van der Waals surface area (Å²) in [6.07, 6.45) is 0. The Balaban J connectivity index is 2.18. The Hall–Kier alpha value is -1.35. The highest BCUT2D eigenvalue weighted by Crippen LogP contribution is 2.53. The lowest BCUT2D eigenvalue weighted by molar-refractivity contribution is -0.139. The molecule has 0 saturated heterocycles. The highest BCUT2D eigenvalue weighted by atomic mass is 16.4. The van der Waals surface area contributed by atoms with Crippen LogP contribution in [0.3, 0.4) is 0 Å². The number of aliphatic hydroxyl groups is 1. The second-order valence-corrected chi connectivity index (χ2v) is 3.65. The third kappa shape index (κ3) is 1.40. The van der Waals surface area contributed by atoms with Crippen molar-refractivity contribution in [2.45, 2.75) is 5.92 Å². The van der Waals surface area contributed by atoms with Crippen molar-refractivity contribution in [3.05, 3.63) is 35.9 Å². The molecule has 1 aromatic rings. The molecule has 0 aliphatic heterocycles. The van der Waals surface area contributed by atoms with Crippen molar-refractivity contribution in [1.29, 1.82) is 0 Å². The number of carboxylic acids is 1. The lowest BCUT2D eigenvalue weighted by Crippen LogP contribution is -2.01. The van der Waals surface area contributed by atoms with Crippen molar-refractivity contribution < 1.29 is 15.0 Å². The number of rotatable bonds is 3. The minimum atomic E-state index is -0.807. The summed E-state index contributed by atoms with van der Waals surface area (Å²) in [5.74, 6) is -1.31. The van der Waals surface area contributed by atoms with Gasteiger partial charge in [0, 0.05) is 18.4 Å². The first-order chi connectivity index (χ1) is 6.75. The molecule has 0 aromatic heterocycles. The first-order valence-corrected chi connectivity index (χ1v) is 4.64. The van der Waals surface area contributed by atoms with Crippen molar-refractivity contribution in [2.24, 2.45) is 11.8 Å². The molecule has 0 unspecified atom stereocenters. The molecule has 0 spiro atoms. The summed E-state index contributed by atoms with van der Waals surface area (Å²) in [4.78, 5) is 10.8. The van der Waals surface area contributed by atoms with Gasteiger partial charge in [0.25, 0.3) is 0 Å². The lowest BCUT2D eigenvalue weighted by Gasteiger charge is -1.96. The lowest BCUT2D eigenvalue weighted by atomic mass is 10.1. The molecule has 0 bridgehead atoms. The normalized spacial score (nSPS) is 29.9. The average molecular weight is 192 g/mol. The third-order valence-electron chi connectivity index (χ3n) is 2.85. The van der Waals surface area contributed by atoms with E-state index in [1.54, 1.807) is 0 Å². The van der Waals surface area contributed by atoms with Crippen molar-refractivity contribution in [3.8, 4) is 0 Å². The van der Waals surface area contributed by atoms with Crippen LogP contribution in [-0.2, 0) is 4.79 Å². The second-order valence-electron chi connectivity index (χ2n) is 3.65. The van der Waals surface area contributed by atoms with Crippen LogP contribution < -0.4 is 0 Å². The maximum Gasteiger partial charge on any atom is 0.307 e. The number of aliphatic hydroxyl groups excluding tert-OH is 1. The zero-order chi connectivity index (χ0) is 10.1. The van der Waals surface area contributed by atoms with Crippen molar-refractivity contribution >= 4 is 5.97 Å². The molecule has 0 amide bonds. The smallest absolute Gasteiger partial charge is 0.307 e. The van der Waals surface area contributed by atoms with E-state index in [9.17, 15) is 4.79 Å². The van der Waals surface area contributed by atoms with Crippen LogP contribution in [0.5, 0.6) is 0 Å². The standard InChI is InChI=1S/C11H12O3/c12-6-8-9(10(8)11(13)14)7-4-2-1-3-5-7/h1-5,8-10,12H,6H2,(H,13,14)/t8-,9-,10-/m0/s1. The third-order valence-corrected chi connectivity index (χ3v) is 2.85. The minimum absolute atomic E-state index is 0.00120. The largest absolute Gasteiger partial charge is 0.481 e. The molecule has 3 atom stereocenters. The van der Waals surface area contributed by atoms with Gasteiger partial charge in [0.05, 0.1) is 5.92 Å². The summed E-state index contributed by atoms with van der Waals surface area (Å²) in [7, 11) is 0. The van der Waals surface area contributed by atoms with Gasteiger partial charge in [-0.25, -0.2) is 0 Å². The van der Waals surface area contributed by atoms with Gasteiger partial charge in [-0.1, -0.05) is 30.3 Å². The number of carboxylic acid groups (broad SMARTS) is 1. The summed E-state index contributed by atoms with van der Waals surface area (Å²) >= 11 is 0. The van der Waals surface area contributed by atoms with Crippen molar-refractivity contribution in [2.75, 3.05) is 6.61 Å². The second kappa shape index (κ2) is 3.42. The molecular formula is C11H12O3. The fourth-order valence-corrected chi connectivity index (χ4v) is 2.07. The van der Waals surface area contributed by atoms with Crippen molar-refractivity contribution in [1.82, 2.24) is 0 Å². The van der Waals surface area contributed by atoms with Crippen LogP contribution in [0.2, 0.25) is 0 Å². The minimum Gasteiger partial charge on any atom is -0.481 e. The molecule has 74 valence electrons. The Bertz CT molecular complexity index is 334. The maximum atomic E-state index is 10.8. The molecule has 1 aliphatic rings. The van der Waals surface area contributed by atoms with Crippen LogP contribution in [0.15, 0.2) is 30.3 Å². The fraction of sp³-hybridized carbons (Fsp3) is 0.364. The quantitative estimate of drug-likeness (QED) is 0.753. The SMILES string of the molecule is O=C(O)[C@H]1[C@@H](CO)[C@@H]1c1ccccc1. The van der Waals surface area contributed by atoms with Gasteiger partial charge < -0.3 is 10.2 Å². The molecular weight excluding hydrogens is 180 g/mol. The Morgan fingerprint density at radius 2 is 1.93 bits per heavy atom. The van der Waals surface area contributed by atoms with E-state index in [4.69, 9.17) is 10.2 Å². The predicted molar refractivity (Wildman–Crippen MR) is 50.9 cm³/mol. The van der Waals surface area contributed by atoms with Crippen LogP contribution in [0, 0.1) is 11.8 Å².